The molecule has 0 fully saturated rings. The Morgan fingerprint density at radius 2 is 1.88 bits per heavy atom. The minimum absolute atomic E-state index is 0. The molecular formula is C16H20Cl2N6O. The molecule has 0 spiro atoms. The topological polar surface area (TPSA) is 80.0 Å². The number of benzene rings is 1. The average molecular weight is 383 g/mol. The van der Waals surface area contributed by atoms with Crippen LogP contribution in [0, 0.1) is 0 Å². The quantitative estimate of drug-likeness (QED) is 0.743. The first-order chi connectivity index (χ1) is 11.3. The molecule has 7 nitrogen and oxygen atoms in total. The van der Waals surface area contributed by atoms with Gasteiger partial charge in [-0.05, 0) is 41.0 Å². The maximum atomic E-state index is 4.76. The molecule has 1 aliphatic heterocycles. The lowest BCUT2D eigenvalue weighted by Crippen LogP contribution is -2.21. The van der Waals surface area contributed by atoms with Crippen molar-refractivity contribution >= 4 is 41.7 Å². The first-order valence-corrected chi connectivity index (χ1v) is 7.77. The number of hydrogen-bond acceptors (Lipinski definition) is 7. The number of nitrogens with one attached hydrogen (secondary N) is 1. The molecule has 3 aromatic rings. The fourth-order valence-electron chi connectivity index (χ4n) is 3.06. The molecule has 0 aliphatic carbocycles. The Hall–Kier alpha value is -1.96. The Morgan fingerprint density at radius 1 is 1.08 bits per heavy atom. The predicted molar refractivity (Wildman–Crippen MR) is 101 cm³/mol. The summed E-state index contributed by atoms with van der Waals surface area (Å²) in [6.45, 7) is 2.69. The van der Waals surface area contributed by atoms with E-state index in [9.17, 15) is 0 Å². The molecule has 2 aromatic heterocycles. The van der Waals surface area contributed by atoms with Gasteiger partial charge in [0, 0.05) is 32.1 Å². The van der Waals surface area contributed by atoms with Crippen LogP contribution in [0.4, 0.5) is 5.82 Å². The summed E-state index contributed by atoms with van der Waals surface area (Å²) >= 11 is 0. The summed E-state index contributed by atoms with van der Waals surface area (Å²) in [5.74, 6) is 1.01. The van der Waals surface area contributed by atoms with Crippen LogP contribution in [0.15, 0.2) is 29.2 Å². The van der Waals surface area contributed by atoms with Crippen LogP contribution >= 0.6 is 24.8 Å². The lowest BCUT2D eigenvalue weighted by atomic mass is 10.1. The van der Waals surface area contributed by atoms with Crippen molar-refractivity contribution in [3.05, 3.63) is 41.3 Å². The van der Waals surface area contributed by atoms with Crippen LogP contribution in [0.25, 0.3) is 11.0 Å². The minimum Gasteiger partial charge on any atom is -0.355 e. The Labute approximate surface area is 158 Å². The zero-order valence-corrected chi connectivity index (χ0v) is 15.4. The van der Waals surface area contributed by atoms with E-state index in [-0.39, 0.29) is 24.8 Å². The van der Waals surface area contributed by atoms with Gasteiger partial charge in [-0.15, -0.1) is 24.8 Å². The van der Waals surface area contributed by atoms with E-state index in [1.54, 1.807) is 6.33 Å². The predicted octanol–water partition coefficient (Wildman–Crippen LogP) is 2.18. The third-order valence-electron chi connectivity index (χ3n) is 4.20. The van der Waals surface area contributed by atoms with Gasteiger partial charge in [-0.3, -0.25) is 0 Å². The van der Waals surface area contributed by atoms with Crippen molar-refractivity contribution in [2.45, 2.75) is 19.4 Å². The van der Waals surface area contributed by atoms with Crippen molar-refractivity contribution in [3.63, 3.8) is 0 Å². The number of nitrogens with zero attached hydrogens (tertiary/aromatic N) is 5. The van der Waals surface area contributed by atoms with Crippen molar-refractivity contribution in [2.75, 3.05) is 25.0 Å². The molecule has 1 aromatic carbocycles. The van der Waals surface area contributed by atoms with Gasteiger partial charge in [-0.25, -0.2) is 14.6 Å². The second-order valence-electron chi connectivity index (χ2n) is 5.82. The Bertz CT molecular complexity index is 840. The standard InChI is InChI=1S/C16H18N6O.2ClH/c1-22(9-11-2-3-14-15(8-11)21-23-20-14)16-12-4-6-17-7-5-13(12)18-10-19-16;;/h2-3,8,10,17H,4-7,9H2,1H3;2*1H. The number of hydrogen-bond donors (Lipinski definition) is 1. The van der Waals surface area contributed by atoms with Gasteiger partial charge in [0.05, 0.1) is 5.69 Å². The fourth-order valence-corrected chi connectivity index (χ4v) is 3.06. The van der Waals surface area contributed by atoms with Gasteiger partial charge in [0.25, 0.3) is 0 Å². The van der Waals surface area contributed by atoms with Gasteiger partial charge in [0.2, 0.25) is 0 Å². The molecule has 0 amide bonds. The number of fused-ring (bicyclic) bond motifs is 2. The zero-order chi connectivity index (χ0) is 15.6. The van der Waals surface area contributed by atoms with Crippen LogP contribution < -0.4 is 10.2 Å². The van der Waals surface area contributed by atoms with Crippen LogP contribution in [0.2, 0.25) is 0 Å². The van der Waals surface area contributed by atoms with Crippen LogP contribution in [0.5, 0.6) is 0 Å². The van der Waals surface area contributed by atoms with Crippen LogP contribution in [0.1, 0.15) is 16.8 Å². The Morgan fingerprint density at radius 3 is 2.76 bits per heavy atom. The highest BCUT2D eigenvalue weighted by Gasteiger charge is 2.17. The Balaban J connectivity index is 0.00000113. The summed E-state index contributed by atoms with van der Waals surface area (Å²) in [6.07, 6.45) is 3.58. The first kappa shape index (κ1) is 19.4. The summed E-state index contributed by atoms with van der Waals surface area (Å²) in [7, 11) is 2.06. The van der Waals surface area contributed by atoms with Gasteiger partial charge in [0.1, 0.15) is 23.2 Å². The highest BCUT2D eigenvalue weighted by Crippen LogP contribution is 2.23. The zero-order valence-electron chi connectivity index (χ0n) is 13.8. The van der Waals surface area contributed by atoms with E-state index in [0.717, 1.165) is 60.6 Å². The van der Waals surface area contributed by atoms with Gasteiger partial charge >= 0.3 is 0 Å². The second kappa shape index (κ2) is 8.42. The van der Waals surface area contributed by atoms with E-state index in [1.807, 2.05) is 18.2 Å². The van der Waals surface area contributed by atoms with E-state index in [0.29, 0.717) is 0 Å². The third kappa shape index (κ3) is 4.00. The number of aromatic nitrogens is 4. The van der Waals surface area contributed by atoms with Crippen LogP contribution in [-0.4, -0.2) is 40.4 Å². The van der Waals surface area contributed by atoms with E-state index in [2.05, 4.69) is 37.5 Å². The lowest BCUT2D eigenvalue weighted by Gasteiger charge is -2.22. The largest absolute Gasteiger partial charge is 0.355 e. The first-order valence-electron chi connectivity index (χ1n) is 7.77. The molecule has 9 heteroatoms. The molecule has 4 rings (SSSR count). The van der Waals surface area contributed by atoms with Gasteiger partial charge in [0.15, 0.2) is 0 Å². The van der Waals surface area contributed by atoms with Gasteiger partial charge < -0.3 is 10.2 Å². The molecule has 0 unspecified atom stereocenters. The number of anilines is 1. The average Bonchev–Trinajstić information content (AvgIpc) is 2.89. The maximum absolute atomic E-state index is 4.76. The second-order valence-corrected chi connectivity index (χ2v) is 5.82. The van der Waals surface area contributed by atoms with Crippen LogP contribution in [0.3, 0.4) is 0 Å². The van der Waals surface area contributed by atoms with E-state index < -0.39 is 0 Å². The highest BCUT2D eigenvalue weighted by molar-refractivity contribution is 5.85. The molecule has 0 bridgehead atoms. The molecule has 0 atom stereocenters. The minimum atomic E-state index is 0. The molecule has 1 aliphatic rings. The molecule has 0 radical (unpaired) electrons. The third-order valence-corrected chi connectivity index (χ3v) is 4.20. The van der Waals surface area contributed by atoms with Crippen molar-refractivity contribution in [1.29, 1.82) is 0 Å². The molecule has 3 heterocycles. The van der Waals surface area contributed by atoms with E-state index >= 15 is 0 Å². The summed E-state index contributed by atoms with van der Waals surface area (Å²) in [5, 5.41) is 11.2. The van der Waals surface area contributed by atoms with Crippen molar-refractivity contribution in [1.82, 2.24) is 25.6 Å². The summed E-state index contributed by atoms with van der Waals surface area (Å²) in [4.78, 5) is 11.1. The molecule has 134 valence electrons. The normalized spacial score (nSPS) is 13.3. The van der Waals surface area contributed by atoms with Crippen LogP contribution in [-0.2, 0) is 19.4 Å². The highest BCUT2D eigenvalue weighted by atomic mass is 35.5. The summed E-state index contributed by atoms with van der Waals surface area (Å²) in [5.41, 5.74) is 5.11. The van der Waals surface area contributed by atoms with Crippen molar-refractivity contribution < 1.29 is 4.63 Å². The fraction of sp³-hybridized carbons (Fsp3) is 0.375. The number of halogens is 2. The molecule has 0 saturated heterocycles. The molecule has 1 N–H and O–H groups in total. The Kier molecular flexibility index (Phi) is 6.52. The monoisotopic (exact) mass is 382 g/mol. The van der Waals surface area contributed by atoms with Gasteiger partial charge in [-0.1, -0.05) is 6.07 Å². The molecular weight excluding hydrogens is 363 g/mol. The van der Waals surface area contributed by atoms with E-state index in [4.69, 9.17) is 4.63 Å². The summed E-state index contributed by atoms with van der Waals surface area (Å²) in [6, 6.07) is 5.98. The molecule has 0 saturated carbocycles. The lowest BCUT2D eigenvalue weighted by molar-refractivity contribution is 0.315. The SMILES string of the molecule is CN(Cc1ccc2nonc2c1)c1ncnc2c1CCNCC2.Cl.Cl. The van der Waals surface area contributed by atoms with E-state index in [1.165, 1.54) is 5.56 Å². The molecule has 25 heavy (non-hydrogen) atoms. The van der Waals surface area contributed by atoms with Crippen molar-refractivity contribution in [3.8, 4) is 0 Å². The maximum Gasteiger partial charge on any atom is 0.135 e. The summed E-state index contributed by atoms with van der Waals surface area (Å²) < 4.78 is 4.76. The smallest absolute Gasteiger partial charge is 0.135 e. The van der Waals surface area contributed by atoms with Gasteiger partial charge in [-0.2, -0.15) is 0 Å². The van der Waals surface area contributed by atoms with Crippen molar-refractivity contribution in [2.24, 2.45) is 0 Å². The number of rotatable bonds is 3.